The molecule has 0 amide bonds. The van der Waals surface area contributed by atoms with Crippen LogP contribution in [-0.4, -0.2) is 10.7 Å². The largest absolute Gasteiger partial charge is 0.228 e. The van der Waals surface area contributed by atoms with E-state index in [-0.39, 0.29) is 5.56 Å². The summed E-state index contributed by atoms with van der Waals surface area (Å²) in [5, 5.41) is 0.375. The maximum absolute atomic E-state index is 12.8. The second kappa shape index (κ2) is 4.34. The van der Waals surface area contributed by atoms with Crippen molar-refractivity contribution in [3.8, 4) is 11.8 Å². The highest BCUT2D eigenvalue weighted by Gasteiger charge is 1.99. The summed E-state index contributed by atoms with van der Waals surface area (Å²) in [6, 6.07) is 1.43. The Morgan fingerprint density at radius 2 is 2.42 bits per heavy atom. The van der Waals surface area contributed by atoms with Crippen molar-refractivity contribution in [2.45, 2.75) is 0 Å². The van der Waals surface area contributed by atoms with Gasteiger partial charge in [-0.1, -0.05) is 23.4 Å². The van der Waals surface area contributed by atoms with Crippen LogP contribution in [-0.2, 0) is 0 Å². The Morgan fingerprint density at radius 1 is 1.67 bits per heavy atom. The van der Waals surface area contributed by atoms with Crippen molar-refractivity contribution >= 4 is 24.2 Å². The zero-order valence-corrected chi connectivity index (χ0v) is 7.66. The molecule has 0 saturated heterocycles. The third-order valence-electron chi connectivity index (χ3n) is 1.11. The van der Waals surface area contributed by atoms with E-state index in [0.29, 0.717) is 10.8 Å². The minimum absolute atomic E-state index is 0.205. The lowest BCUT2D eigenvalue weighted by Crippen LogP contribution is -1.87. The average Bonchev–Trinajstić information content (AvgIpc) is 2.07. The van der Waals surface area contributed by atoms with Gasteiger partial charge in [0.1, 0.15) is 0 Å². The topological polar surface area (TPSA) is 12.9 Å². The highest BCUT2D eigenvalue weighted by atomic mass is 35.5. The number of rotatable bonds is 0. The molecule has 0 aliphatic carbocycles. The van der Waals surface area contributed by atoms with Crippen LogP contribution in [0.3, 0.4) is 0 Å². The first-order valence-corrected chi connectivity index (χ1v) is 4.16. The quantitative estimate of drug-likeness (QED) is 0.386. The molecule has 0 bridgehead atoms. The molecule has 0 aromatic carbocycles. The van der Waals surface area contributed by atoms with Crippen LogP contribution in [0.5, 0.6) is 0 Å². The Hall–Kier alpha value is -0.720. The molecule has 1 heterocycles. The van der Waals surface area contributed by atoms with E-state index in [1.54, 1.807) is 0 Å². The fourth-order valence-corrected chi connectivity index (χ4v) is 0.882. The van der Waals surface area contributed by atoms with Crippen molar-refractivity contribution in [2.75, 3.05) is 5.75 Å². The molecule has 1 aromatic heterocycles. The zero-order valence-electron chi connectivity index (χ0n) is 6.01. The fourth-order valence-electron chi connectivity index (χ4n) is 0.645. The Bertz CT molecular complexity index is 343. The van der Waals surface area contributed by atoms with Crippen LogP contribution in [0.1, 0.15) is 5.56 Å². The first kappa shape index (κ1) is 9.37. The summed E-state index contributed by atoms with van der Waals surface area (Å²) in [5.41, 5.74) is 0.205. The Balaban J connectivity index is 3.05. The first-order valence-electron chi connectivity index (χ1n) is 3.15. The molecular weight excluding hydrogens is 197 g/mol. The van der Waals surface area contributed by atoms with Crippen molar-refractivity contribution in [3.63, 3.8) is 0 Å². The van der Waals surface area contributed by atoms with E-state index in [1.807, 2.05) is 0 Å². The van der Waals surface area contributed by atoms with Gasteiger partial charge in [0.25, 0.3) is 0 Å². The maximum atomic E-state index is 12.8. The lowest BCUT2D eigenvalue weighted by atomic mass is 10.3. The van der Waals surface area contributed by atoms with Crippen molar-refractivity contribution in [1.82, 2.24) is 4.98 Å². The molecule has 0 fully saturated rings. The smallest absolute Gasteiger partial charge is 0.226 e. The molecule has 0 N–H and O–H groups in total. The summed E-state index contributed by atoms with van der Waals surface area (Å²) < 4.78 is 12.8. The molecule has 4 heteroatoms. The van der Waals surface area contributed by atoms with Gasteiger partial charge in [-0.05, 0) is 6.07 Å². The SMILES string of the molecule is Fc1ncc(Cl)cc1C#CCS. The van der Waals surface area contributed by atoms with E-state index in [9.17, 15) is 4.39 Å². The zero-order chi connectivity index (χ0) is 8.97. The maximum Gasteiger partial charge on any atom is 0.228 e. The number of thiol groups is 1. The molecule has 62 valence electrons. The van der Waals surface area contributed by atoms with Crippen LogP contribution in [0.25, 0.3) is 0 Å². The fraction of sp³-hybridized carbons (Fsp3) is 0.125. The predicted octanol–water partition coefficient (Wildman–Crippen LogP) is 2.16. The Morgan fingerprint density at radius 3 is 3.08 bits per heavy atom. The molecule has 0 aliphatic heterocycles. The molecular formula is C8H5ClFNS. The van der Waals surface area contributed by atoms with Gasteiger partial charge in [-0.3, -0.25) is 0 Å². The molecule has 1 aromatic rings. The minimum Gasteiger partial charge on any atom is -0.226 e. The van der Waals surface area contributed by atoms with Crippen molar-refractivity contribution in [3.05, 3.63) is 28.8 Å². The van der Waals surface area contributed by atoms with E-state index in [1.165, 1.54) is 12.3 Å². The van der Waals surface area contributed by atoms with Crippen LogP contribution >= 0.6 is 24.2 Å². The lowest BCUT2D eigenvalue weighted by Gasteiger charge is -1.92. The van der Waals surface area contributed by atoms with Gasteiger partial charge < -0.3 is 0 Å². The minimum atomic E-state index is -0.603. The van der Waals surface area contributed by atoms with Crippen LogP contribution < -0.4 is 0 Å². The summed E-state index contributed by atoms with van der Waals surface area (Å²) in [4.78, 5) is 3.41. The van der Waals surface area contributed by atoms with Gasteiger partial charge in [0, 0.05) is 6.20 Å². The molecule has 1 rings (SSSR count). The number of hydrogen-bond donors (Lipinski definition) is 1. The summed E-state index contributed by atoms with van der Waals surface area (Å²) in [6.07, 6.45) is 1.24. The second-order valence-electron chi connectivity index (χ2n) is 1.95. The Labute approximate surface area is 80.4 Å². The standard InChI is InChI=1S/C8H5ClFNS/c9-7-4-6(2-1-3-12)8(10)11-5-7/h4-5,12H,3H2. The normalized spacial score (nSPS) is 8.92. The van der Waals surface area contributed by atoms with Crippen molar-refractivity contribution < 1.29 is 4.39 Å². The van der Waals surface area contributed by atoms with Gasteiger partial charge in [0.2, 0.25) is 5.95 Å². The molecule has 0 unspecified atom stereocenters. The van der Waals surface area contributed by atoms with Crippen molar-refractivity contribution in [1.29, 1.82) is 0 Å². The molecule has 0 aliphatic rings. The second-order valence-corrected chi connectivity index (χ2v) is 2.70. The van der Waals surface area contributed by atoms with Gasteiger partial charge >= 0.3 is 0 Å². The molecule has 0 spiro atoms. The number of aromatic nitrogens is 1. The third-order valence-corrected chi connectivity index (χ3v) is 1.47. The summed E-state index contributed by atoms with van der Waals surface area (Å²) in [6.45, 7) is 0. The molecule has 12 heavy (non-hydrogen) atoms. The number of hydrogen-bond acceptors (Lipinski definition) is 2. The molecule has 0 saturated carbocycles. The van der Waals surface area contributed by atoms with Crippen LogP contribution in [0.15, 0.2) is 12.3 Å². The predicted molar refractivity (Wildman–Crippen MR) is 49.9 cm³/mol. The summed E-state index contributed by atoms with van der Waals surface area (Å²) in [5.74, 6) is 4.94. The van der Waals surface area contributed by atoms with E-state index in [0.717, 1.165) is 0 Å². The van der Waals surface area contributed by atoms with Gasteiger partial charge in [-0.2, -0.15) is 17.0 Å². The van der Waals surface area contributed by atoms with E-state index in [4.69, 9.17) is 11.6 Å². The summed E-state index contributed by atoms with van der Waals surface area (Å²) >= 11 is 9.44. The van der Waals surface area contributed by atoms with Gasteiger partial charge in [-0.25, -0.2) is 4.98 Å². The van der Waals surface area contributed by atoms with E-state index in [2.05, 4.69) is 29.5 Å². The third kappa shape index (κ3) is 2.40. The van der Waals surface area contributed by atoms with Crippen LogP contribution in [0, 0.1) is 17.8 Å². The summed E-state index contributed by atoms with van der Waals surface area (Å²) in [7, 11) is 0. The van der Waals surface area contributed by atoms with Gasteiger partial charge in [-0.15, -0.1) is 0 Å². The number of halogens is 2. The van der Waals surface area contributed by atoms with Gasteiger partial charge in [0.15, 0.2) is 0 Å². The Kier molecular flexibility index (Phi) is 3.39. The molecule has 0 atom stereocenters. The van der Waals surface area contributed by atoms with Crippen LogP contribution in [0.2, 0.25) is 5.02 Å². The lowest BCUT2D eigenvalue weighted by molar-refractivity contribution is 0.580. The monoisotopic (exact) mass is 201 g/mol. The highest BCUT2D eigenvalue weighted by Crippen LogP contribution is 2.10. The van der Waals surface area contributed by atoms with Crippen molar-refractivity contribution in [2.24, 2.45) is 0 Å². The highest BCUT2D eigenvalue weighted by molar-refractivity contribution is 7.80. The molecule has 1 nitrogen and oxygen atoms in total. The number of pyridine rings is 1. The van der Waals surface area contributed by atoms with Crippen LogP contribution in [0.4, 0.5) is 4.39 Å². The number of nitrogens with zero attached hydrogens (tertiary/aromatic N) is 1. The molecule has 0 radical (unpaired) electrons. The van der Waals surface area contributed by atoms with E-state index >= 15 is 0 Å². The van der Waals surface area contributed by atoms with E-state index < -0.39 is 5.95 Å². The first-order chi connectivity index (χ1) is 5.74. The average molecular weight is 202 g/mol. The van der Waals surface area contributed by atoms with Gasteiger partial charge in [0.05, 0.1) is 16.3 Å².